The number of rotatable bonds is 3. The van der Waals surface area contributed by atoms with Crippen LogP contribution in [-0.4, -0.2) is 29.5 Å². The Morgan fingerprint density at radius 1 is 1.50 bits per heavy atom. The SMILES string of the molecule is Cl.NCC1CCN(Cc2cnc(C(F)(F)F)s2)C1. The van der Waals surface area contributed by atoms with Crippen molar-refractivity contribution in [1.29, 1.82) is 0 Å². The molecule has 2 rings (SSSR count). The number of alkyl halides is 3. The molecule has 1 saturated heterocycles. The first-order valence-electron chi connectivity index (χ1n) is 5.43. The molecule has 2 N–H and O–H groups in total. The topological polar surface area (TPSA) is 42.1 Å². The molecule has 0 spiro atoms. The summed E-state index contributed by atoms with van der Waals surface area (Å²) in [6.07, 6.45) is -1.97. The van der Waals surface area contributed by atoms with Crippen molar-refractivity contribution in [2.45, 2.75) is 19.1 Å². The van der Waals surface area contributed by atoms with Crippen LogP contribution in [0.4, 0.5) is 13.2 Å². The zero-order valence-electron chi connectivity index (χ0n) is 9.61. The lowest BCUT2D eigenvalue weighted by atomic mass is 10.1. The third-order valence-corrected chi connectivity index (χ3v) is 3.91. The van der Waals surface area contributed by atoms with Gasteiger partial charge < -0.3 is 5.73 Å². The van der Waals surface area contributed by atoms with Gasteiger partial charge in [0.15, 0.2) is 5.01 Å². The first kappa shape index (κ1) is 15.7. The van der Waals surface area contributed by atoms with Crippen LogP contribution < -0.4 is 5.73 Å². The third-order valence-electron chi connectivity index (χ3n) is 2.88. The van der Waals surface area contributed by atoms with Crippen LogP contribution in [0.3, 0.4) is 0 Å². The summed E-state index contributed by atoms with van der Waals surface area (Å²) in [6, 6.07) is 0. The van der Waals surface area contributed by atoms with Gasteiger partial charge in [-0.1, -0.05) is 0 Å². The molecule has 0 saturated carbocycles. The third kappa shape index (κ3) is 3.81. The largest absolute Gasteiger partial charge is 0.443 e. The molecule has 3 nitrogen and oxygen atoms in total. The highest BCUT2D eigenvalue weighted by Crippen LogP contribution is 2.33. The van der Waals surface area contributed by atoms with Crippen LogP contribution in [0, 0.1) is 5.92 Å². The monoisotopic (exact) mass is 301 g/mol. The Morgan fingerprint density at radius 3 is 2.72 bits per heavy atom. The minimum absolute atomic E-state index is 0. The van der Waals surface area contributed by atoms with E-state index in [4.69, 9.17) is 5.73 Å². The van der Waals surface area contributed by atoms with Crippen LogP contribution in [0.1, 0.15) is 16.3 Å². The van der Waals surface area contributed by atoms with Crippen molar-refractivity contribution in [3.63, 3.8) is 0 Å². The summed E-state index contributed by atoms with van der Waals surface area (Å²) in [5.41, 5.74) is 5.57. The molecule has 1 atom stereocenters. The molecule has 0 aliphatic carbocycles. The van der Waals surface area contributed by atoms with Gasteiger partial charge in [-0.15, -0.1) is 23.7 Å². The van der Waals surface area contributed by atoms with E-state index in [2.05, 4.69) is 9.88 Å². The lowest BCUT2D eigenvalue weighted by molar-refractivity contribution is -0.137. The molecule has 1 aliphatic heterocycles. The summed E-state index contributed by atoms with van der Waals surface area (Å²) in [5, 5.41) is -0.762. The minimum Gasteiger partial charge on any atom is -0.330 e. The second-order valence-electron chi connectivity index (χ2n) is 4.26. The molecule has 104 valence electrons. The Kier molecular flexibility index (Phi) is 5.39. The van der Waals surface area contributed by atoms with Crippen molar-refractivity contribution in [2.24, 2.45) is 11.7 Å². The molecular weight excluding hydrogens is 287 g/mol. The number of halogens is 4. The number of hydrogen-bond acceptors (Lipinski definition) is 4. The standard InChI is InChI=1S/C10H14F3N3S.ClH/c11-10(12,13)9-15-4-8(17-9)6-16-2-1-7(3-14)5-16;/h4,7H,1-3,5-6,14H2;1H. The summed E-state index contributed by atoms with van der Waals surface area (Å²) in [5.74, 6) is 0.477. The second-order valence-corrected chi connectivity index (χ2v) is 5.37. The van der Waals surface area contributed by atoms with Crippen LogP contribution in [0.2, 0.25) is 0 Å². The van der Waals surface area contributed by atoms with E-state index in [0.717, 1.165) is 30.8 Å². The predicted molar refractivity (Wildman–Crippen MR) is 66.8 cm³/mol. The van der Waals surface area contributed by atoms with Crippen molar-refractivity contribution >= 4 is 23.7 Å². The molecule has 1 aliphatic rings. The second kappa shape index (κ2) is 6.18. The zero-order valence-corrected chi connectivity index (χ0v) is 11.2. The molecule has 1 unspecified atom stereocenters. The fraction of sp³-hybridized carbons (Fsp3) is 0.700. The van der Waals surface area contributed by atoms with Crippen molar-refractivity contribution in [2.75, 3.05) is 19.6 Å². The van der Waals surface area contributed by atoms with E-state index < -0.39 is 11.2 Å². The van der Waals surface area contributed by atoms with Crippen molar-refractivity contribution in [3.05, 3.63) is 16.1 Å². The van der Waals surface area contributed by atoms with Crippen molar-refractivity contribution in [1.82, 2.24) is 9.88 Å². The Hall–Kier alpha value is -0.370. The number of aromatic nitrogens is 1. The average Bonchev–Trinajstić information content (AvgIpc) is 2.86. The smallest absolute Gasteiger partial charge is 0.330 e. The van der Waals surface area contributed by atoms with Gasteiger partial charge in [0, 0.05) is 24.2 Å². The molecule has 0 bridgehead atoms. The number of nitrogens with zero attached hydrogens (tertiary/aromatic N) is 2. The van der Waals surface area contributed by atoms with Crippen molar-refractivity contribution < 1.29 is 13.2 Å². The maximum absolute atomic E-state index is 12.3. The van der Waals surface area contributed by atoms with Gasteiger partial charge in [-0.2, -0.15) is 13.2 Å². The maximum Gasteiger partial charge on any atom is 0.443 e. The Balaban J connectivity index is 0.00000162. The van der Waals surface area contributed by atoms with E-state index >= 15 is 0 Å². The van der Waals surface area contributed by atoms with Gasteiger partial charge in [0.05, 0.1) is 0 Å². The van der Waals surface area contributed by atoms with Crippen LogP contribution in [0.25, 0.3) is 0 Å². The fourth-order valence-electron chi connectivity index (χ4n) is 1.98. The quantitative estimate of drug-likeness (QED) is 0.932. The van der Waals surface area contributed by atoms with Crippen LogP contribution in [0.5, 0.6) is 0 Å². The molecule has 1 aromatic rings. The highest BCUT2D eigenvalue weighted by Gasteiger charge is 2.34. The molecule has 0 aromatic carbocycles. The summed E-state index contributed by atoms with van der Waals surface area (Å²) < 4.78 is 37.0. The van der Waals surface area contributed by atoms with E-state index in [9.17, 15) is 13.2 Å². The van der Waals surface area contributed by atoms with E-state index in [1.54, 1.807) is 0 Å². The first-order chi connectivity index (χ1) is 7.99. The molecule has 0 radical (unpaired) electrons. The molecular formula is C10H15ClF3N3S. The zero-order chi connectivity index (χ0) is 12.5. The number of thiazole rings is 1. The molecule has 1 aromatic heterocycles. The van der Waals surface area contributed by atoms with Crippen LogP contribution >= 0.6 is 23.7 Å². The number of hydrogen-bond donors (Lipinski definition) is 1. The Labute approximate surface area is 114 Å². The van der Waals surface area contributed by atoms with Gasteiger partial charge in [0.25, 0.3) is 0 Å². The van der Waals surface area contributed by atoms with Crippen molar-refractivity contribution in [3.8, 4) is 0 Å². The van der Waals surface area contributed by atoms with Crippen LogP contribution in [0.15, 0.2) is 6.20 Å². The average molecular weight is 302 g/mol. The van der Waals surface area contributed by atoms with Gasteiger partial charge in [-0.3, -0.25) is 4.90 Å². The van der Waals surface area contributed by atoms with E-state index in [1.807, 2.05) is 0 Å². The highest BCUT2D eigenvalue weighted by atomic mass is 35.5. The van der Waals surface area contributed by atoms with E-state index in [0.29, 0.717) is 23.9 Å². The van der Waals surface area contributed by atoms with E-state index in [-0.39, 0.29) is 12.4 Å². The Morgan fingerprint density at radius 2 is 2.22 bits per heavy atom. The van der Waals surface area contributed by atoms with Crippen LogP contribution in [-0.2, 0) is 12.7 Å². The van der Waals surface area contributed by atoms with Gasteiger partial charge in [-0.05, 0) is 25.4 Å². The maximum atomic E-state index is 12.3. The highest BCUT2D eigenvalue weighted by molar-refractivity contribution is 7.11. The molecule has 1 fully saturated rings. The molecule has 2 heterocycles. The van der Waals surface area contributed by atoms with Gasteiger partial charge >= 0.3 is 6.18 Å². The molecule has 0 amide bonds. The molecule has 18 heavy (non-hydrogen) atoms. The number of nitrogens with two attached hydrogens (primary N) is 1. The van der Waals surface area contributed by atoms with Gasteiger partial charge in [0.1, 0.15) is 0 Å². The summed E-state index contributed by atoms with van der Waals surface area (Å²) in [7, 11) is 0. The minimum atomic E-state index is -4.33. The number of likely N-dealkylation sites (tertiary alicyclic amines) is 1. The first-order valence-corrected chi connectivity index (χ1v) is 6.25. The molecule has 8 heteroatoms. The van der Waals surface area contributed by atoms with Gasteiger partial charge in [0.2, 0.25) is 0 Å². The Bertz CT molecular complexity index is 383. The van der Waals surface area contributed by atoms with Gasteiger partial charge in [-0.25, -0.2) is 4.98 Å². The lowest BCUT2D eigenvalue weighted by Gasteiger charge is -2.13. The summed E-state index contributed by atoms with van der Waals surface area (Å²) >= 11 is 0.726. The lowest BCUT2D eigenvalue weighted by Crippen LogP contribution is -2.22. The normalized spacial score (nSPS) is 21.0. The fourth-order valence-corrected chi connectivity index (χ4v) is 2.80. The summed E-state index contributed by atoms with van der Waals surface area (Å²) in [4.78, 5) is 6.20. The predicted octanol–water partition coefficient (Wildman–Crippen LogP) is 2.36. The summed E-state index contributed by atoms with van der Waals surface area (Å²) in [6.45, 7) is 2.97. The van der Waals surface area contributed by atoms with E-state index in [1.165, 1.54) is 6.20 Å².